The van der Waals surface area contributed by atoms with Crippen molar-refractivity contribution < 1.29 is 4.74 Å². The second-order valence-electron chi connectivity index (χ2n) is 6.44. The lowest BCUT2D eigenvalue weighted by Crippen LogP contribution is -2.45. The summed E-state index contributed by atoms with van der Waals surface area (Å²) in [5, 5.41) is 12.7. The molecule has 0 heterocycles. The topological polar surface area (TPSA) is 45.0 Å². The third kappa shape index (κ3) is 4.30. The molecule has 0 spiro atoms. The van der Waals surface area contributed by atoms with Crippen LogP contribution in [-0.2, 0) is 11.2 Å². The van der Waals surface area contributed by atoms with E-state index in [0.29, 0.717) is 19.1 Å². The average molecular weight is 286 g/mol. The van der Waals surface area contributed by atoms with Crippen molar-refractivity contribution in [1.29, 1.82) is 5.26 Å². The molecule has 3 heteroatoms. The Morgan fingerprint density at radius 1 is 1.43 bits per heavy atom. The van der Waals surface area contributed by atoms with Crippen molar-refractivity contribution in [3.8, 4) is 6.07 Å². The molecule has 114 valence electrons. The van der Waals surface area contributed by atoms with Crippen LogP contribution in [0, 0.1) is 11.3 Å². The van der Waals surface area contributed by atoms with Crippen molar-refractivity contribution in [2.75, 3.05) is 6.61 Å². The average Bonchev–Trinajstić information content (AvgIpc) is 2.47. The summed E-state index contributed by atoms with van der Waals surface area (Å²) in [5.74, 6) is 0. The highest BCUT2D eigenvalue weighted by molar-refractivity contribution is 5.31. The van der Waals surface area contributed by atoms with Crippen molar-refractivity contribution in [2.45, 2.75) is 64.1 Å². The smallest absolute Gasteiger partial charge is 0.106 e. The molecule has 2 atom stereocenters. The minimum absolute atomic E-state index is 0.192. The molecule has 1 N–H and O–H groups in total. The fourth-order valence-electron chi connectivity index (χ4n) is 3.09. The fraction of sp³-hybridized carbons (Fsp3) is 0.611. The zero-order valence-corrected chi connectivity index (χ0v) is 13.4. The van der Waals surface area contributed by atoms with Crippen LogP contribution in [0.15, 0.2) is 24.3 Å². The van der Waals surface area contributed by atoms with Gasteiger partial charge in [-0.2, -0.15) is 5.26 Å². The maximum absolute atomic E-state index is 9.36. The van der Waals surface area contributed by atoms with Crippen LogP contribution >= 0.6 is 0 Å². The summed E-state index contributed by atoms with van der Waals surface area (Å²) < 4.78 is 6.10. The van der Waals surface area contributed by atoms with Gasteiger partial charge in [0.05, 0.1) is 18.8 Å². The molecule has 0 saturated carbocycles. The minimum atomic E-state index is -0.512. The summed E-state index contributed by atoms with van der Waals surface area (Å²) in [5.41, 5.74) is 2.24. The molecule has 0 saturated heterocycles. The van der Waals surface area contributed by atoms with E-state index < -0.39 is 5.54 Å². The summed E-state index contributed by atoms with van der Waals surface area (Å²) in [6.45, 7) is 6.69. The van der Waals surface area contributed by atoms with Gasteiger partial charge in [0.15, 0.2) is 0 Å². The Labute approximate surface area is 128 Å². The van der Waals surface area contributed by atoms with Gasteiger partial charge < -0.3 is 4.74 Å². The maximum atomic E-state index is 9.36. The Hall–Kier alpha value is -1.37. The minimum Gasteiger partial charge on any atom is -0.373 e. The van der Waals surface area contributed by atoms with Crippen LogP contribution in [-0.4, -0.2) is 18.2 Å². The van der Waals surface area contributed by atoms with Crippen molar-refractivity contribution >= 4 is 0 Å². The first-order valence-corrected chi connectivity index (χ1v) is 7.92. The summed E-state index contributed by atoms with van der Waals surface area (Å²) >= 11 is 0. The molecule has 2 rings (SSSR count). The lowest BCUT2D eigenvalue weighted by molar-refractivity contribution is 0.0315. The quantitative estimate of drug-likeness (QED) is 0.866. The van der Waals surface area contributed by atoms with Gasteiger partial charge in [0.25, 0.3) is 0 Å². The summed E-state index contributed by atoms with van der Waals surface area (Å²) in [4.78, 5) is 0. The first-order chi connectivity index (χ1) is 10.0. The van der Waals surface area contributed by atoms with Crippen LogP contribution in [0.1, 0.15) is 57.3 Å². The Morgan fingerprint density at radius 3 is 2.90 bits per heavy atom. The van der Waals surface area contributed by atoms with Crippen molar-refractivity contribution in [1.82, 2.24) is 5.32 Å². The molecule has 1 aromatic rings. The molecular formula is C18H26N2O. The molecule has 0 bridgehead atoms. The molecular weight excluding hydrogens is 260 g/mol. The van der Waals surface area contributed by atoms with Crippen LogP contribution in [0.2, 0.25) is 0 Å². The lowest BCUT2D eigenvalue weighted by Gasteiger charge is -2.29. The zero-order chi connectivity index (χ0) is 15.3. The van der Waals surface area contributed by atoms with Gasteiger partial charge in [-0.25, -0.2) is 0 Å². The van der Waals surface area contributed by atoms with Crippen LogP contribution in [0.4, 0.5) is 0 Å². The van der Waals surface area contributed by atoms with Gasteiger partial charge in [-0.3, -0.25) is 5.32 Å². The highest BCUT2D eigenvalue weighted by Crippen LogP contribution is 2.32. The van der Waals surface area contributed by atoms with E-state index in [1.165, 1.54) is 17.5 Å². The van der Waals surface area contributed by atoms with E-state index in [0.717, 1.165) is 12.8 Å². The van der Waals surface area contributed by atoms with Gasteiger partial charge in [-0.1, -0.05) is 24.3 Å². The van der Waals surface area contributed by atoms with E-state index in [1.807, 2.05) is 6.92 Å². The van der Waals surface area contributed by atoms with Gasteiger partial charge in [-0.15, -0.1) is 0 Å². The van der Waals surface area contributed by atoms with Gasteiger partial charge in [0.2, 0.25) is 0 Å². The van der Waals surface area contributed by atoms with E-state index in [9.17, 15) is 5.26 Å². The van der Waals surface area contributed by atoms with Crippen molar-refractivity contribution in [3.63, 3.8) is 0 Å². The van der Waals surface area contributed by atoms with E-state index >= 15 is 0 Å². The Morgan fingerprint density at radius 2 is 2.19 bits per heavy atom. The van der Waals surface area contributed by atoms with Gasteiger partial charge in [0, 0.05) is 12.5 Å². The highest BCUT2D eigenvalue weighted by atomic mass is 16.5. The molecule has 0 fully saturated rings. The Balaban J connectivity index is 1.91. The van der Waals surface area contributed by atoms with Gasteiger partial charge in [-0.05, 0) is 51.2 Å². The molecule has 21 heavy (non-hydrogen) atoms. The monoisotopic (exact) mass is 286 g/mol. The van der Waals surface area contributed by atoms with Gasteiger partial charge in [0.1, 0.15) is 5.54 Å². The molecule has 3 nitrogen and oxygen atoms in total. The number of aryl methyl sites for hydroxylation is 1. The lowest BCUT2D eigenvalue weighted by atomic mass is 9.89. The number of rotatable bonds is 6. The maximum Gasteiger partial charge on any atom is 0.106 e. The molecule has 1 aliphatic carbocycles. The molecule has 0 amide bonds. The SMILES string of the molecule is CC(C)NC(C)(C#N)CCOC1CCCc2ccccc21. The molecule has 0 aromatic heterocycles. The van der Waals surface area contributed by atoms with E-state index in [1.54, 1.807) is 0 Å². The second-order valence-corrected chi connectivity index (χ2v) is 6.44. The predicted octanol–water partition coefficient (Wildman–Crippen LogP) is 3.75. The third-order valence-electron chi connectivity index (χ3n) is 4.09. The van der Waals surface area contributed by atoms with Crippen LogP contribution in [0.3, 0.4) is 0 Å². The molecule has 1 aliphatic rings. The summed E-state index contributed by atoms with van der Waals surface area (Å²) in [6.07, 6.45) is 4.32. The Kier molecular flexibility index (Phi) is 5.39. The Bertz CT molecular complexity index is 506. The number of benzene rings is 1. The number of hydrogen-bond donors (Lipinski definition) is 1. The second kappa shape index (κ2) is 7.06. The molecule has 1 aromatic carbocycles. The number of nitrogens with one attached hydrogen (secondary N) is 1. The molecule has 0 aliphatic heterocycles. The van der Waals surface area contributed by atoms with Crippen LogP contribution in [0.25, 0.3) is 0 Å². The van der Waals surface area contributed by atoms with Crippen molar-refractivity contribution in [2.24, 2.45) is 0 Å². The zero-order valence-electron chi connectivity index (χ0n) is 13.4. The first-order valence-electron chi connectivity index (χ1n) is 7.92. The summed E-state index contributed by atoms with van der Waals surface area (Å²) in [6, 6.07) is 11.2. The predicted molar refractivity (Wildman–Crippen MR) is 85.0 cm³/mol. The van der Waals surface area contributed by atoms with E-state index in [4.69, 9.17) is 4.74 Å². The normalized spacial score (nSPS) is 20.6. The standard InChI is InChI=1S/C18H26N2O/c1-14(2)20-18(3,13-19)11-12-21-17-10-6-8-15-7-4-5-9-16(15)17/h4-5,7,9,14,17,20H,6,8,10-12H2,1-3H3. The fourth-order valence-corrected chi connectivity index (χ4v) is 3.09. The largest absolute Gasteiger partial charge is 0.373 e. The number of ether oxygens (including phenoxy) is 1. The number of nitriles is 1. The number of nitrogens with zero attached hydrogens (tertiary/aromatic N) is 1. The molecule has 0 radical (unpaired) electrons. The van der Waals surface area contributed by atoms with Crippen LogP contribution < -0.4 is 5.32 Å². The van der Waals surface area contributed by atoms with Gasteiger partial charge >= 0.3 is 0 Å². The first kappa shape index (κ1) is 16.0. The van der Waals surface area contributed by atoms with Crippen molar-refractivity contribution in [3.05, 3.63) is 35.4 Å². The van der Waals surface area contributed by atoms with Crippen LogP contribution in [0.5, 0.6) is 0 Å². The highest BCUT2D eigenvalue weighted by Gasteiger charge is 2.26. The van der Waals surface area contributed by atoms with E-state index in [2.05, 4.69) is 49.5 Å². The third-order valence-corrected chi connectivity index (χ3v) is 4.09. The summed E-state index contributed by atoms with van der Waals surface area (Å²) in [7, 11) is 0. The number of hydrogen-bond acceptors (Lipinski definition) is 3. The molecule has 2 unspecified atom stereocenters. The number of fused-ring (bicyclic) bond motifs is 1. The van der Waals surface area contributed by atoms with E-state index in [-0.39, 0.29) is 6.10 Å².